The summed E-state index contributed by atoms with van der Waals surface area (Å²) in [6, 6.07) is 7.62. The SMILES string of the molecule is Cn1nccc1-c1cncc(CNC(=O)c2cccs2)c1. The van der Waals surface area contributed by atoms with Gasteiger partial charge in [0.2, 0.25) is 0 Å². The third-order valence-electron chi connectivity index (χ3n) is 3.11. The summed E-state index contributed by atoms with van der Waals surface area (Å²) in [6.07, 6.45) is 5.30. The molecule has 0 unspecified atom stereocenters. The molecule has 106 valence electrons. The van der Waals surface area contributed by atoms with Gasteiger partial charge in [-0.05, 0) is 29.1 Å². The summed E-state index contributed by atoms with van der Waals surface area (Å²) in [6.45, 7) is 0.454. The molecule has 0 bridgehead atoms. The lowest BCUT2D eigenvalue weighted by molar-refractivity contribution is 0.0955. The molecular weight excluding hydrogens is 284 g/mol. The van der Waals surface area contributed by atoms with Crippen LogP contribution >= 0.6 is 11.3 Å². The topological polar surface area (TPSA) is 59.8 Å². The van der Waals surface area contributed by atoms with Gasteiger partial charge in [0.05, 0.1) is 10.6 Å². The van der Waals surface area contributed by atoms with Crippen LogP contribution in [0.4, 0.5) is 0 Å². The van der Waals surface area contributed by atoms with E-state index in [0.29, 0.717) is 11.4 Å². The Hall–Kier alpha value is -2.47. The van der Waals surface area contributed by atoms with E-state index in [4.69, 9.17) is 0 Å². The normalized spacial score (nSPS) is 10.5. The quantitative estimate of drug-likeness (QED) is 0.805. The van der Waals surface area contributed by atoms with Crippen molar-refractivity contribution in [3.8, 4) is 11.3 Å². The number of thiophene rings is 1. The maximum atomic E-state index is 11.9. The first-order chi connectivity index (χ1) is 10.2. The van der Waals surface area contributed by atoms with Crippen molar-refractivity contribution in [1.29, 1.82) is 0 Å². The van der Waals surface area contributed by atoms with Crippen molar-refractivity contribution < 1.29 is 4.79 Å². The summed E-state index contributed by atoms with van der Waals surface area (Å²) in [7, 11) is 1.89. The lowest BCUT2D eigenvalue weighted by atomic mass is 10.1. The summed E-state index contributed by atoms with van der Waals surface area (Å²) in [5, 5.41) is 8.94. The molecule has 0 fully saturated rings. The van der Waals surface area contributed by atoms with Gasteiger partial charge in [-0.25, -0.2) is 0 Å². The molecule has 0 aromatic carbocycles. The first kappa shape index (κ1) is 13.5. The number of aromatic nitrogens is 3. The van der Waals surface area contributed by atoms with Crippen molar-refractivity contribution in [3.63, 3.8) is 0 Å². The van der Waals surface area contributed by atoms with E-state index >= 15 is 0 Å². The molecule has 3 rings (SSSR count). The lowest BCUT2D eigenvalue weighted by Crippen LogP contribution is -2.21. The van der Waals surface area contributed by atoms with Gasteiger partial charge >= 0.3 is 0 Å². The standard InChI is InChI=1S/C15H14N4OS/c1-19-13(4-5-18-19)12-7-11(8-16-10-12)9-17-15(20)14-3-2-6-21-14/h2-8,10H,9H2,1H3,(H,17,20). The Kier molecular flexibility index (Phi) is 3.79. The van der Waals surface area contributed by atoms with Gasteiger partial charge in [0, 0.05) is 37.7 Å². The molecule has 21 heavy (non-hydrogen) atoms. The van der Waals surface area contributed by atoms with Crippen LogP contribution in [0.1, 0.15) is 15.2 Å². The molecule has 1 amide bonds. The molecule has 6 heteroatoms. The zero-order chi connectivity index (χ0) is 14.7. The van der Waals surface area contributed by atoms with Gasteiger partial charge < -0.3 is 5.32 Å². The molecule has 0 radical (unpaired) electrons. The monoisotopic (exact) mass is 298 g/mol. The Morgan fingerprint density at radius 2 is 2.29 bits per heavy atom. The van der Waals surface area contributed by atoms with Gasteiger partial charge in [-0.1, -0.05) is 6.07 Å². The minimum absolute atomic E-state index is 0.0593. The Labute approximate surface area is 126 Å². The molecular formula is C15H14N4OS. The smallest absolute Gasteiger partial charge is 0.261 e. The van der Waals surface area contributed by atoms with Crippen molar-refractivity contribution in [3.05, 3.63) is 58.7 Å². The Morgan fingerprint density at radius 3 is 3.00 bits per heavy atom. The number of pyridine rings is 1. The number of hydrogen-bond acceptors (Lipinski definition) is 4. The van der Waals surface area contributed by atoms with Gasteiger partial charge in [-0.2, -0.15) is 5.10 Å². The van der Waals surface area contributed by atoms with Gasteiger partial charge in [-0.15, -0.1) is 11.3 Å². The number of nitrogens with one attached hydrogen (secondary N) is 1. The van der Waals surface area contributed by atoms with Crippen LogP contribution in [0.3, 0.4) is 0 Å². The molecule has 3 heterocycles. The van der Waals surface area contributed by atoms with Crippen molar-refractivity contribution in [2.24, 2.45) is 7.05 Å². The fourth-order valence-corrected chi connectivity index (χ4v) is 2.70. The Morgan fingerprint density at radius 1 is 1.38 bits per heavy atom. The van der Waals surface area contributed by atoms with Gasteiger partial charge in [-0.3, -0.25) is 14.5 Å². The molecule has 0 saturated carbocycles. The maximum absolute atomic E-state index is 11.9. The highest BCUT2D eigenvalue weighted by molar-refractivity contribution is 7.12. The second-order valence-corrected chi connectivity index (χ2v) is 5.53. The van der Waals surface area contributed by atoms with Crippen LogP contribution in [-0.2, 0) is 13.6 Å². The summed E-state index contributed by atoms with van der Waals surface area (Å²) in [5.74, 6) is -0.0593. The predicted molar refractivity (Wildman–Crippen MR) is 81.9 cm³/mol. The third-order valence-corrected chi connectivity index (χ3v) is 3.98. The van der Waals surface area contributed by atoms with E-state index < -0.39 is 0 Å². The van der Waals surface area contributed by atoms with Crippen LogP contribution in [0.5, 0.6) is 0 Å². The number of hydrogen-bond donors (Lipinski definition) is 1. The summed E-state index contributed by atoms with van der Waals surface area (Å²) in [5.41, 5.74) is 2.94. The van der Waals surface area contributed by atoms with Crippen LogP contribution < -0.4 is 5.32 Å². The molecule has 5 nitrogen and oxygen atoms in total. The number of carbonyl (C=O) groups excluding carboxylic acids is 1. The molecule has 0 saturated heterocycles. The van der Waals surface area contributed by atoms with Gasteiger partial charge in [0.15, 0.2) is 0 Å². The van der Waals surface area contributed by atoms with Crippen molar-refractivity contribution >= 4 is 17.2 Å². The number of amides is 1. The first-order valence-corrected chi connectivity index (χ1v) is 7.36. The molecule has 3 aromatic heterocycles. The molecule has 1 N–H and O–H groups in total. The summed E-state index contributed by atoms with van der Waals surface area (Å²) >= 11 is 1.43. The molecule has 0 aliphatic carbocycles. The van der Waals surface area contributed by atoms with Crippen molar-refractivity contribution in [1.82, 2.24) is 20.1 Å². The molecule has 0 atom stereocenters. The first-order valence-electron chi connectivity index (χ1n) is 6.48. The number of nitrogens with zero attached hydrogens (tertiary/aromatic N) is 3. The average molecular weight is 298 g/mol. The van der Waals surface area contributed by atoms with Crippen LogP contribution in [0.2, 0.25) is 0 Å². The van der Waals surface area contributed by atoms with Crippen molar-refractivity contribution in [2.45, 2.75) is 6.54 Å². The van der Waals surface area contributed by atoms with Crippen LogP contribution in [0, 0.1) is 0 Å². The molecule has 0 spiro atoms. The second kappa shape index (κ2) is 5.88. The van der Waals surface area contributed by atoms with Crippen LogP contribution in [0.15, 0.2) is 48.2 Å². The fraction of sp³-hybridized carbons (Fsp3) is 0.133. The van der Waals surface area contributed by atoms with Gasteiger partial charge in [0.1, 0.15) is 0 Å². The zero-order valence-electron chi connectivity index (χ0n) is 11.5. The van der Waals surface area contributed by atoms with E-state index in [2.05, 4.69) is 15.4 Å². The van der Waals surface area contributed by atoms with E-state index in [9.17, 15) is 4.79 Å². The third kappa shape index (κ3) is 3.00. The van der Waals surface area contributed by atoms with Crippen molar-refractivity contribution in [2.75, 3.05) is 0 Å². The highest BCUT2D eigenvalue weighted by Gasteiger charge is 2.07. The van der Waals surface area contributed by atoms with Crippen LogP contribution in [0.25, 0.3) is 11.3 Å². The minimum Gasteiger partial charge on any atom is -0.347 e. The van der Waals surface area contributed by atoms with E-state index in [1.165, 1.54) is 11.3 Å². The zero-order valence-corrected chi connectivity index (χ0v) is 12.3. The summed E-state index contributed by atoms with van der Waals surface area (Å²) < 4.78 is 1.80. The Balaban J connectivity index is 1.72. The maximum Gasteiger partial charge on any atom is 0.261 e. The number of aryl methyl sites for hydroxylation is 1. The van der Waals surface area contributed by atoms with Gasteiger partial charge in [0.25, 0.3) is 5.91 Å². The molecule has 0 aliphatic rings. The molecule has 0 aliphatic heterocycles. The highest BCUT2D eigenvalue weighted by Crippen LogP contribution is 2.18. The van der Waals surface area contributed by atoms with E-state index in [0.717, 1.165) is 16.8 Å². The average Bonchev–Trinajstić information content (AvgIpc) is 3.16. The summed E-state index contributed by atoms with van der Waals surface area (Å²) in [4.78, 5) is 16.9. The van der Waals surface area contributed by atoms with Crippen LogP contribution in [-0.4, -0.2) is 20.7 Å². The number of rotatable bonds is 4. The number of carbonyl (C=O) groups is 1. The lowest BCUT2D eigenvalue weighted by Gasteiger charge is -2.06. The largest absolute Gasteiger partial charge is 0.347 e. The fourth-order valence-electron chi connectivity index (χ4n) is 2.06. The Bertz CT molecular complexity index is 749. The second-order valence-electron chi connectivity index (χ2n) is 4.58. The van der Waals surface area contributed by atoms with E-state index in [1.807, 2.05) is 36.7 Å². The van der Waals surface area contributed by atoms with E-state index in [1.54, 1.807) is 23.3 Å². The predicted octanol–water partition coefficient (Wildman–Crippen LogP) is 2.47. The van der Waals surface area contributed by atoms with E-state index in [-0.39, 0.29) is 5.91 Å². The molecule has 3 aromatic rings. The minimum atomic E-state index is -0.0593. The highest BCUT2D eigenvalue weighted by atomic mass is 32.1.